The van der Waals surface area contributed by atoms with Crippen molar-refractivity contribution in [3.05, 3.63) is 58.8 Å². The Bertz CT molecular complexity index is 790. The zero-order valence-corrected chi connectivity index (χ0v) is 15.6. The fourth-order valence-corrected chi connectivity index (χ4v) is 2.37. The Kier molecular flexibility index (Phi) is 7.80. The van der Waals surface area contributed by atoms with E-state index in [9.17, 15) is 26.3 Å². The number of guanidine groups is 1. The van der Waals surface area contributed by atoms with Gasteiger partial charge in [0.2, 0.25) is 5.96 Å². The van der Waals surface area contributed by atoms with Crippen LogP contribution in [0.1, 0.15) is 23.6 Å². The number of hydrogen-bond donors (Lipinski definition) is 2. The van der Waals surface area contributed by atoms with Gasteiger partial charge in [-0.2, -0.15) is 31.5 Å². The van der Waals surface area contributed by atoms with Crippen LogP contribution in [0, 0.1) is 0 Å². The lowest BCUT2D eigenvalue weighted by Crippen LogP contribution is -2.38. The van der Waals surface area contributed by atoms with Crippen LogP contribution < -0.4 is 11.5 Å². The molecule has 29 heavy (non-hydrogen) atoms. The molecule has 0 aliphatic rings. The first kappa shape index (κ1) is 24.0. The van der Waals surface area contributed by atoms with E-state index in [1.807, 2.05) is 0 Å². The second kappa shape index (κ2) is 9.43. The van der Waals surface area contributed by atoms with Gasteiger partial charge >= 0.3 is 12.4 Å². The van der Waals surface area contributed by atoms with E-state index in [0.717, 1.165) is 0 Å². The fraction of sp³-hybridized carbons (Fsp3) is 0.353. The first-order valence-corrected chi connectivity index (χ1v) is 8.01. The number of hydrogen-bond acceptors (Lipinski definition) is 3. The van der Waals surface area contributed by atoms with Gasteiger partial charge in [0, 0.05) is 18.8 Å². The highest BCUT2D eigenvalue weighted by Gasteiger charge is 2.37. The van der Waals surface area contributed by atoms with Gasteiger partial charge in [0.1, 0.15) is 0 Å². The van der Waals surface area contributed by atoms with Gasteiger partial charge in [-0.1, -0.05) is 17.3 Å². The minimum absolute atomic E-state index is 0.00237. The molecule has 0 amide bonds. The normalized spacial score (nSPS) is 13.8. The summed E-state index contributed by atoms with van der Waals surface area (Å²) in [5.74, 6) is -0.253. The lowest BCUT2D eigenvalue weighted by Gasteiger charge is -2.24. The third-order valence-electron chi connectivity index (χ3n) is 3.45. The highest BCUT2D eigenvalue weighted by atomic mass is 19.4. The van der Waals surface area contributed by atoms with Gasteiger partial charge in [-0.25, -0.2) is 0 Å². The summed E-state index contributed by atoms with van der Waals surface area (Å²) in [6.45, 7) is 4.73. The molecule has 0 atom stereocenters. The molecule has 0 radical (unpaired) electrons. The topological polar surface area (TPSA) is 92.4 Å². The molecule has 1 aromatic rings. The number of nitrogens with zero attached hydrogens (tertiary/aromatic N) is 4. The maximum Gasteiger partial charge on any atom is 0.416 e. The van der Waals surface area contributed by atoms with E-state index < -0.39 is 30.0 Å². The van der Waals surface area contributed by atoms with Gasteiger partial charge < -0.3 is 16.4 Å². The Morgan fingerprint density at radius 1 is 1.07 bits per heavy atom. The van der Waals surface area contributed by atoms with Crippen LogP contribution in [0.5, 0.6) is 0 Å². The molecule has 0 bridgehead atoms. The molecular formula is C17H20F6N6. The highest BCUT2D eigenvalue weighted by molar-refractivity contribution is 5.78. The Morgan fingerprint density at radius 2 is 1.59 bits per heavy atom. The molecule has 0 aromatic heterocycles. The average Bonchev–Trinajstić information content (AvgIpc) is 2.56. The van der Waals surface area contributed by atoms with Gasteiger partial charge in [-0.05, 0) is 42.0 Å². The Hall–Kier alpha value is -3.05. The van der Waals surface area contributed by atoms with E-state index in [-0.39, 0.29) is 29.8 Å². The van der Waals surface area contributed by atoms with Crippen LogP contribution in [-0.2, 0) is 18.9 Å². The number of rotatable bonds is 6. The molecule has 0 saturated heterocycles. The first-order valence-electron chi connectivity index (χ1n) is 8.01. The number of benzene rings is 1. The summed E-state index contributed by atoms with van der Waals surface area (Å²) in [5, 5.41) is 10.3. The number of halogens is 6. The molecule has 0 saturated carbocycles. The Balaban J connectivity index is 3.41. The molecule has 6 nitrogen and oxygen atoms in total. The molecule has 160 valence electrons. The van der Waals surface area contributed by atoms with Crippen molar-refractivity contribution in [2.75, 3.05) is 13.6 Å². The van der Waals surface area contributed by atoms with Gasteiger partial charge in [-0.3, -0.25) is 0 Å². The number of allylic oxidation sites excluding steroid dienone is 1. The van der Waals surface area contributed by atoms with Crippen molar-refractivity contribution in [1.29, 1.82) is 0 Å². The van der Waals surface area contributed by atoms with Crippen molar-refractivity contribution in [1.82, 2.24) is 4.90 Å². The van der Waals surface area contributed by atoms with Gasteiger partial charge in [0.25, 0.3) is 0 Å². The lowest BCUT2D eigenvalue weighted by atomic mass is 10.0. The Labute approximate surface area is 163 Å². The quantitative estimate of drug-likeness (QED) is 0.179. The van der Waals surface area contributed by atoms with Crippen LogP contribution in [0.3, 0.4) is 0 Å². The van der Waals surface area contributed by atoms with Gasteiger partial charge in [-0.15, -0.1) is 0 Å². The van der Waals surface area contributed by atoms with Gasteiger partial charge in [0.15, 0.2) is 0 Å². The molecule has 0 aliphatic carbocycles. The minimum Gasteiger partial charge on any atom is -0.399 e. The maximum absolute atomic E-state index is 13.1. The van der Waals surface area contributed by atoms with Crippen molar-refractivity contribution < 1.29 is 26.3 Å². The summed E-state index contributed by atoms with van der Waals surface area (Å²) in [7, 11) is 1.31. The van der Waals surface area contributed by atoms with Crippen LogP contribution in [0.15, 0.2) is 57.6 Å². The van der Waals surface area contributed by atoms with Crippen LogP contribution in [-0.4, -0.2) is 24.5 Å². The SMILES string of the molecule is C=C(N)/C=C(\C)CN(Cc1cc(C(F)(F)F)cc(C(F)(F)F)c1)/C(N)=N/N=NC. The third-order valence-corrected chi connectivity index (χ3v) is 3.45. The maximum atomic E-state index is 13.1. The molecule has 0 heterocycles. The van der Waals surface area contributed by atoms with Crippen molar-refractivity contribution in [3.8, 4) is 0 Å². The van der Waals surface area contributed by atoms with E-state index in [0.29, 0.717) is 17.7 Å². The zero-order valence-electron chi connectivity index (χ0n) is 15.6. The van der Waals surface area contributed by atoms with E-state index in [1.165, 1.54) is 18.0 Å². The monoisotopic (exact) mass is 422 g/mol. The van der Waals surface area contributed by atoms with Crippen molar-refractivity contribution in [2.45, 2.75) is 25.8 Å². The summed E-state index contributed by atoms with van der Waals surface area (Å²) >= 11 is 0. The van der Waals surface area contributed by atoms with E-state index in [4.69, 9.17) is 11.5 Å². The van der Waals surface area contributed by atoms with E-state index in [2.05, 4.69) is 22.0 Å². The molecule has 1 rings (SSSR count). The molecule has 0 spiro atoms. The summed E-state index contributed by atoms with van der Waals surface area (Å²) < 4.78 is 78.4. The predicted molar refractivity (Wildman–Crippen MR) is 96.3 cm³/mol. The summed E-state index contributed by atoms with van der Waals surface area (Å²) in [6, 6.07) is 1.30. The molecule has 0 fully saturated rings. The van der Waals surface area contributed by atoms with Crippen molar-refractivity contribution in [3.63, 3.8) is 0 Å². The molecule has 0 unspecified atom stereocenters. The largest absolute Gasteiger partial charge is 0.416 e. The summed E-state index contributed by atoms with van der Waals surface area (Å²) in [6.07, 6.45) is -8.43. The predicted octanol–water partition coefficient (Wildman–Crippen LogP) is 4.26. The van der Waals surface area contributed by atoms with Crippen LogP contribution in [0.4, 0.5) is 26.3 Å². The Morgan fingerprint density at radius 3 is 2.00 bits per heavy atom. The molecule has 0 aliphatic heterocycles. The molecule has 1 aromatic carbocycles. The van der Waals surface area contributed by atoms with Crippen molar-refractivity contribution in [2.24, 2.45) is 26.9 Å². The van der Waals surface area contributed by atoms with E-state index in [1.54, 1.807) is 6.92 Å². The second-order valence-corrected chi connectivity index (χ2v) is 6.08. The fourth-order valence-electron chi connectivity index (χ4n) is 2.37. The average molecular weight is 422 g/mol. The zero-order chi connectivity index (χ0) is 22.4. The second-order valence-electron chi connectivity index (χ2n) is 6.08. The molecule has 12 heteroatoms. The number of nitrogens with two attached hydrogens (primary N) is 2. The lowest BCUT2D eigenvalue weighted by molar-refractivity contribution is -0.143. The molecule has 4 N–H and O–H groups in total. The minimum atomic E-state index is -4.95. The third kappa shape index (κ3) is 7.84. The first-order chi connectivity index (χ1) is 13.2. The van der Waals surface area contributed by atoms with Crippen LogP contribution in [0.25, 0.3) is 0 Å². The summed E-state index contributed by atoms with van der Waals surface area (Å²) in [4.78, 5) is 1.24. The smallest absolute Gasteiger partial charge is 0.399 e. The highest BCUT2D eigenvalue weighted by Crippen LogP contribution is 2.36. The molecular weight excluding hydrogens is 402 g/mol. The van der Waals surface area contributed by atoms with Crippen molar-refractivity contribution >= 4 is 5.96 Å². The van der Waals surface area contributed by atoms with Crippen LogP contribution >= 0.6 is 0 Å². The van der Waals surface area contributed by atoms with Crippen LogP contribution in [0.2, 0.25) is 0 Å². The van der Waals surface area contributed by atoms with E-state index >= 15 is 0 Å². The summed E-state index contributed by atoms with van der Waals surface area (Å²) in [5.41, 5.74) is 8.95. The standard InChI is InChI=1S/C17H20F6N6/c1-10(4-11(2)24)8-29(15(25)27-28-26-3)9-12-5-13(16(18,19)20)7-14(6-12)17(21,22)23/h4-7H,2,8-9,24H2,1,3H3,(H2,25,26,27)/b10-4+. The van der Waals surface area contributed by atoms with Gasteiger partial charge in [0.05, 0.1) is 18.2 Å². The number of alkyl halides is 6.